The molecule has 0 amide bonds. The molecule has 1 rings (SSSR count). The van der Waals surface area contributed by atoms with E-state index in [1.54, 1.807) is 19.4 Å². The van der Waals surface area contributed by atoms with Gasteiger partial charge in [0.1, 0.15) is 0 Å². The van der Waals surface area contributed by atoms with Crippen LogP contribution >= 0.6 is 0 Å². The fraction of sp³-hybridized carbons (Fsp3) is 0.692. The molecule has 0 aromatic carbocycles. The first kappa shape index (κ1) is 15.7. The number of aromatic nitrogens is 2. The second kappa shape index (κ2) is 7.91. The number of rotatable bonds is 8. The normalized spacial score (nSPS) is 12.4. The lowest BCUT2D eigenvalue weighted by molar-refractivity contribution is 0.156. The summed E-state index contributed by atoms with van der Waals surface area (Å²) in [5.41, 5.74) is 0.719. The van der Waals surface area contributed by atoms with Gasteiger partial charge in [0.15, 0.2) is 0 Å². The maximum atomic E-state index is 12.0. The number of ether oxygens (including phenoxy) is 1. The molecule has 108 valence electrons. The van der Waals surface area contributed by atoms with Crippen molar-refractivity contribution < 1.29 is 4.74 Å². The summed E-state index contributed by atoms with van der Waals surface area (Å²) in [5, 5.41) is 7.54. The summed E-state index contributed by atoms with van der Waals surface area (Å²) in [5.74, 6) is 0. The number of methoxy groups -OCH3 is 1. The van der Waals surface area contributed by atoms with Gasteiger partial charge in [-0.1, -0.05) is 6.92 Å². The van der Waals surface area contributed by atoms with Gasteiger partial charge < -0.3 is 15.0 Å². The molecule has 0 aliphatic carbocycles. The van der Waals surface area contributed by atoms with E-state index in [1.807, 2.05) is 19.0 Å². The zero-order chi connectivity index (χ0) is 14.3. The first-order valence-electron chi connectivity index (χ1n) is 6.55. The van der Waals surface area contributed by atoms with Gasteiger partial charge in [0.2, 0.25) is 0 Å². The SMILES string of the molecule is CCCNC(COC)Cn1ncc(N(C)C)cc1=O. The van der Waals surface area contributed by atoms with Crippen LogP contribution in [0.5, 0.6) is 0 Å². The van der Waals surface area contributed by atoms with Gasteiger partial charge in [-0.3, -0.25) is 4.79 Å². The zero-order valence-corrected chi connectivity index (χ0v) is 12.2. The smallest absolute Gasteiger partial charge is 0.268 e. The van der Waals surface area contributed by atoms with Crippen LogP contribution in [-0.4, -0.2) is 50.2 Å². The molecule has 19 heavy (non-hydrogen) atoms. The number of nitrogens with zero attached hydrogens (tertiary/aromatic N) is 3. The fourth-order valence-electron chi connectivity index (χ4n) is 1.74. The van der Waals surface area contributed by atoms with Crippen molar-refractivity contribution in [2.24, 2.45) is 0 Å². The highest BCUT2D eigenvalue weighted by atomic mass is 16.5. The molecule has 1 aromatic heterocycles. The third-order valence-electron chi connectivity index (χ3n) is 2.82. The molecule has 6 heteroatoms. The minimum atomic E-state index is -0.0920. The van der Waals surface area contributed by atoms with Gasteiger partial charge in [-0.05, 0) is 13.0 Å². The van der Waals surface area contributed by atoms with Gasteiger partial charge in [-0.15, -0.1) is 0 Å². The Kier molecular flexibility index (Phi) is 6.52. The maximum Gasteiger partial charge on any atom is 0.268 e. The molecule has 0 fully saturated rings. The van der Waals surface area contributed by atoms with Crippen LogP contribution in [-0.2, 0) is 11.3 Å². The summed E-state index contributed by atoms with van der Waals surface area (Å²) in [6, 6.07) is 1.69. The Morgan fingerprint density at radius 1 is 1.53 bits per heavy atom. The van der Waals surface area contributed by atoms with Gasteiger partial charge in [-0.2, -0.15) is 5.10 Å². The van der Waals surface area contributed by atoms with Crippen LogP contribution in [0.25, 0.3) is 0 Å². The second-order valence-corrected chi connectivity index (χ2v) is 4.73. The Morgan fingerprint density at radius 2 is 2.26 bits per heavy atom. The fourth-order valence-corrected chi connectivity index (χ4v) is 1.74. The Balaban J connectivity index is 2.75. The average Bonchev–Trinajstić information content (AvgIpc) is 2.38. The Morgan fingerprint density at radius 3 is 2.79 bits per heavy atom. The first-order chi connectivity index (χ1) is 9.08. The number of hydrogen-bond donors (Lipinski definition) is 1. The van der Waals surface area contributed by atoms with E-state index < -0.39 is 0 Å². The summed E-state index contributed by atoms with van der Waals surface area (Å²) < 4.78 is 6.63. The minimum Gasteiger partial charge on any atom is -0.383 e. The molecule has 1 unspecified atom stereocenters. The molecule has 0 aliphatic heterocycles. The first-order valence-corrected chi connectivity index (χ1v) is 6.55. The minimum absolute atomic E-state index is 0.0920. The number of anilines is 1. The molecule has 6 nitrogen and oxygen atoms in total. The summed E-state index contributed by atoms with van der Waals surface area (Å²) in [7, 11) is 5.43. The lowest BCUT2D eigenvalue weighted by Gasteiger charge is -2.19. The average molecular weight is 268 g/mol. The molecule has 0 spiro atoms. The summed E-state index contributed by atoms with van der Waals surface area (Å²) in [4.78, 5) is 13.8. The molecule has 1 atom stereocenters. The van der Waals surface area contributed by atoms with E-state index >= 15 is 0 Å². The van der Waals surface area contributed by atoms with Crippen LogP contribution < -0.4 is 15.8 Å². The van der Waals surface area contributed by atoms with Gasteiger partial charge >= 0.3 is 0 Å². The van der Waals surface area contributed by atoms with Crippen molar-refractivity contribution in [2.45, 2.75) is 25.9 Å². The van der Waals surface area contributed by atoms with Crippen LogP contribution in [0.2, 0.25) is 0 Å². The van der Waals surface area contributed by atoms with Crippen molar-refractivity contribution >= 4 is 5.69 Å². The van der Waals surface area contributed by atoms with Gasteiger partial charge in [-0.25, -0.2) is 4.68 Å². The van der Waals surface area contributed by atoms with E-state index in [4.69, 9.17) is 4.74 Å². The third kappa shape index (κ3) is 5.00. The van der Waals surface area contributed by atoms with Crippen LogP contribution in [0.1, 0.15) is 13.3 Å². The lowest BCUT2D eigenvalue weighted by Crippen LogP contribution is -2.40. The van der Waals surface area contributed by atoms with Crippen molar-refractivity contribution in [3.8, 4) is 0 Å². The predicted molar refractivity (Wildman–Crippen MR) is 76.8 cm³/mol. The van der Waals surface area contributed by atoms with Gasteiger partial charge in [0.05, 0.1) is 31.1 Å². The number of nitrogens with one attached hydrogen (secondary N) is 1. The maximum absolute atomic E-state index is 12.0. The van der Waals surface area contributed by atoms with Gasteiger partial charge in [0.25, 0.3) is 5.56 Å². The largest absolute Gasteiger partial charge is 0.383 e. The monoisotopic (exact) mass is 268 g/mol. The van der Waals surface area contributed by atoms with Gasteiger partial charge in [0, 0.05) is 27.3 Å². The van der Waals surface area contributed by atoms with Crippen molar-refractivity contribution in [3.05, 3.63) is 22.6 Å². The lowest BCUT2D eigenvalue weighted by atomic mass is 10.3. The summed E-state index contributed by atoms with van der Waals surface area (Å²) >= 11 is 0. The molecular weight excluding hydrogens is 244 g/mol. The molecule has 0 saturated heterocycles. The molecule has 0 bridgehead atoms. The van der Waals surface area contributed by atoms with E-state index in [-0.39, 0.29) is 11.6 Å². The van der Waals surface area contributed by atoms with Crippen molar-refractivity contribution in [1.82, 2.24) is 15.1 Å². The molecule has 1 heterocycles. The quantitative estimate of drug-likeness (QED) is 0.736. The van der Waals surface area contributed by atoms with E-state index in [9.17, 15) is 4.79 Å². The van der Waals surface area contributed by atoms with Crippen molar-refractivity contribution in [3.63, 3.8) is 0 Å². The third-order valence-corrected chi connectivity index (χ3v) is 2.82. The van der Waals surface area contributed by atoms with E-state index in [0.717, 1.165) is 18.7 Å². The van der Waals surface area contributed by atoms with E-state index in [1.165, 1.54) is 4.68 Å². The highest BCUT2D eigenvalue weighted by Gasteiger charge is 2.10. The topological polar surface area (TPSA) is 59.4 Å². The highest BCUT2D eigenvalue weighted by molar-refractivity contribution is 5.40. The molecule has 1 N–H and O–H groups in total. The Bertz CT molecular complexity index is 431. The predicted octanol–water partition coefficient (Wildman–Crippen LogP) is 0.324. The molecular formula is C13H24N4O2. The van der Waals surface area contributed by atoms with E-state index in [2.05, 4.69) is 17.3 Å². The van der Waals surface area contributed by atoms with E-state index in [0.29, 0.717) is 13.2 Å². The Hall–Kier alpha value is -1.40. The molecule has 0 aliphatic rings. The van der Waals surface area contributed by atoms with Crippen molar-refractivity contribution in [1.29, 1.82) is 0 Å². The van der Waals surface area contributed by atoms with Crippen LogP contribution in [0.4, 0.5) is 5.69 Å². The standard InChI is InChI=1S/C13H24N4O2/c1-5-6-14-11(10-19-4)9-17-13(18)7-12(8-15-17)16(2)3/h7-8,11,14H,5-6,9-10H2,1-4H3. The second-order valence-electron chi connectivity index (χ2n) is 4.73. The van der Waals surface area contributed by atoms with Crippen LogP contribution in [0, 0.1) is 0 Å². The summed E-state index contributed by atoms with van der Waals surface area (Å²) in [6.07, 6.45) is 2.74. The van der Waals surface area contributed by atoms with Crippen LogP contribution in [0.3, 0.4) is 0 Å². The molecule has 1 aromatic rings. The summed E-state index contributed by atoms with van der Waals surface area (Å²) in [6.45, 7) is 4.08. The zero-order valence-electron chi connectivity index (χ0n) is 12.2. The van der Waals surface area contributed by atoms with Crippen LogP contribution in [0.15, 0.2) is 17.1 Å². The molecule has 0 radical (unpaired) electrons. The molecule has 0 saturated carbocycles. The number of hydrogen-bond acceptors (Lipinski definition) is 5. The van der Waals surface area contributed by atoms with Crippen molar-refractivity contribution in [2.75, 3.05) is 39.3 Å². The Labute approximate surface area is 114 Å². The highest BCUT2D eigenvalue weighted by Crippen LogP contribution is 2.03.